The van der Waals surface area contributed by atoms with Gasteiger partial charge in [0.25, 0.3) is 5.56 Å². The van der Waals surface area contributed by atoms with E-state index in [1.54, 1.807) is 25.2 Å². The minimum atomic E-state index is -1.80. The van der Waals surface area contributed by atoms with E-state index in [2.05, 4.69) is 15.0 Å². The molecule has 1 saturated carbocycles. The summed E-state index contributed by atoms with van der Waals surface area (Å²) >= 11 is 0. The summed E-state index contributed by atoms with van der Waals surface area (Å²) in [5, 5.41) is 3.22. The second kappa shape index (κ2) is 6.91. The predicted molar refractivity (Wildman–Crippen MR) is 107 cm³/mol. The monoisotopic (exact) mass is 430 g/mol. The van der Waals surface area contributed by atoms with E-state index in [0.717, 1.165) is 0 Å². The Morgan fingerprint density at radius 2 is 2.10 bits per heavy atom. The van der Waals surface area contributed by atoms with Gasteiger partial charge >= 0.3 is 0 Å². The van der Waals surface area contributed by atoms with Crippen LogP contribution in [0.15, 0.2) is 80.3 Å². The molecule has 30 heavy (non-hydrogen) atoms. The molecule has 0 bridgehead atoms. The second-order valence-corrected chi connectivity index (χ2v) is 8.36. The Kier molecular flexibility index (Phi) is 4.31. The number of hydrogen-bond donors (Lipinski definition) is 2. The van der Waals surface area contributed by atoms with Crippen LogP contribution in [0.5, 0.6) is 0 Å². The van der Waals surface area contributed by atoms with Crippen LogP contribution in [0.1, 0.15) is 6.42 Å². The first-order valence-electron chi connectivity index (χ1n) is 9.18. The first-order valence-corrected chi connectivity index (χ1v) is 10.3. The predicted octanol–water partition coefficient (Wildman–Crippen LogP) is 3.26. The van der Waals surface area contributed by atoms with Crippen LogP contribution in [0.4, 0.5) is 14.5 Å². The van der Waals surface area contributed by atoms with Crippen molar-refractivity contribution in [2.24, 2.45) is 18.9 Å². The lowest BCUT2D eigenvalue weighted by molar-refractivity contribution is 0.462. The molecule has 0 aliphatic heterocycles. The van der Waals surface area contributed by atoms with Crippen LogP contribution in [-0.2, 0) is 18.0 Å². The van der Waals surface area contributed by atoms with E-state index in [0.29, 0.717) is 23.0 Å². The quantitative estimate of drug-likeness (QED) is 0.649. The summed E-state index contributed by atoms with van der Waals surface area (Å²) in [5.41, 5.74) is 0.315. The van der Waals surface area contributed by atoms with Gasteiger partial charge in [-0.15, -0.1) is 0 Å². The largest absolute Gasteiger partial charge is 0.454 e. The number of fused-ring (bicyclic) bond motifs is 2. The molecule has 7 nitrogen and oxygen atoms in total. The standard InChI is InChI=1S/C20H16F2N4O3S/c1-26-9-23-14-5-4-10(7-13(14)20(26)27)24-19-16(21)11-8-12(11)18(17(19)22)25-30(28)15-3-2-6-29-15/h2-7,9,11-12,24-25H,8H2,1H3. The molecule has 0 amide bonds. The topological polar surface area (TPSA) is 89.2 Å². The van der Waals surface area contributed by atoms with Crippen molar-refractivity contribution in [3.8, 4) is 0 Å². The van der Waals surface area contributed by atoms with Crippen molar-refractivity contribution in [3.05, 3.63) is 76.3 Å². The number of furan rings is 1. The Bertz CT molecular complexity index is 1310. The lowest BCUT2D eigenvalue weighted by atomic mass is 10.1. The fourth-order valence-electron chi connectivity index (χ4n) is 3.57. The normalized spacial score (nSPS) is 21.6. The summed E-state index contributed by atoms with van der Waals surface area (Å²) in [7, 11) is -0.227. The summed E-state index contributed by atoms with van der Waals surface area (Å²) in [6.45, 7) is 0. The van der Waals surface area contributed by atoms with E-state index in [4.69, 9.17) is 4.42 Å². The van der Waals surface area contributed by atoms with E-state index in [-0.39, 0.29) is 28.0 Å². The van der Waals surface area contributed by atoms with Gasteiger partial charge in [-0.05, 0) is 36.8 Å². The first kappa shape index (κ1) is 18.7. The van der Waals surface area contributed by atoms with Crippen molar-refractivity contribution in [1.82, 2.24) is 14.3 Å². The number of hydrogen-bond acceptors (Lipinski definition) is 5. The van der Waals surface area contributed by atoms with E-state index >= 15 is 4.39 Å². The maximum absolute atomic E-state index is 15.2. The molecule has 0 radical (unpaired) electrons. The van der Waals surface area contributed by atoms with Crippen molar-refractivity contribution in [2.75, 3.05) is 5.32 Å². The maximum atomic E-state index is 15.2. The number of nitrogens with zero attached hydrogens (tertiary/aromatic N) is 2. The highest BCUT2D eigenvalue weighted by molar-refractivity contribution is 7.83. The number of allylic oxidation sites excluding steroid dienone is 3. The van der Waals surface area contributed by atoms with Crippen LogP contribution >= 0.6 is 0 Å². The molecule has 0 spiro atoms. The van der Waals surface area contributed by atoms with Gasteiger partial charge in [0.2, 0.25) is 5.09 Å². The number of nitrogens with one attached hydrogen (secondary N) is 2. The van der Waals surface area contributed by atoms with E-state index < -0.39 is 28.6 Å². The van der Waals surface area contributed by atoms with Crippen LogP contribution in [-0.4, -0.2) is 13.8 Å². The molecule has 154 valence electrons. The Morgan fingerprint density at radius 1 is 1.27 bits per heavy atom. The van der Waals surface area contributed by atoms with Crippen molar-refractivity contribution in [3.63, 3.8) is 0 Å². The molecule has 2 aliphatic rings. The highest BCUT2D eigenvalue weighted by Gasteiger charge is 2.50. The smallest absolute Gasteiger partial charge is 0.260 e. The molecule has 1 fully saturated rings. The molecule has 10 heteroatoms. The summed E-state index contributed by atoms with van der Waals surface area (Å²) in [6.07, 6.45) is 3.20. The summed E-state index contributed by atoms with van der Waals surface area (Å²) < 4.78 is 51.4. The van der Waals surface area contributed by atoms with Gasteiger partial charge in [-0.3, -0.25) is 9.52 Å². The molecule has 2 heterocycles. The zero-order valence-corrected chi connectivity index (χ0v) is 16.5. The Hall–Kier alpha value is -3.27. The highest BCUT2D eigenvalue weighted by atomic mass is 32.2. The van der Waals surface area contributed by atoms with Gasteiger partial charge in [0.05, 0.1) is 29.2 Å². The van der Waals surface area contributed by atoms with Crippen LogP contribution in [0.3, 0.4) is 0 Å². The minimum absolute atomic E-state index is 0.0806. The van der Waals surface area contributed by atoms with Crippen LogP contribution in [0, 0.1) is 11.8 Å². The van der Waals surface area contributed by atoms with E-state index in [1.807, 2.05) is 0 Å². The van der Waals surface area contributed by atoms with Gasteiger partial charge in [-0.2, -0.15) is 0 Å². The fourth-order valence-corrected chi connectivity index (χ4v) is 4.46. The summed E-state index contributed by atoms with van der Waals surface area (Å²) in [6, 6.07) is 7.79. The highest BCUT2D eigenvalue weighted by Crippen LogP contribution is 2.55. The van der Waals surface area contributed by atoms with Crippen molar-refractivity contribution in [1.29, 1.82) is 0 Å². The average Bonchev–Trinajstić information content (AvgIpc) is 3.34. The number of benzene rings is 1. The molecule has 3 atom stereocenters. The molecular weight excluding hydrogens is 414 g/mol. The molecule has 2 aliphatic carbocycles. The van der Waals surface area contributed by atoms with Crippen LogP contribution in [0.2, 0.25) is 0 Å². The number of halogens is 2. The summed E-state index contributed by atoms with van der Waals surface area (Å²) in [5.74, 6) is -2.29. The Morgan fingerprint density at radius 3 is 2.87 bits per heavy atom. The van der Waals surface area contributed by atoms with Gasteiger partial charge < -0.3 is 14.3 Å². The maximum Gasteiger partial charge on any atom is 0.260 e. The third-order valence-corrected chi connectivity index (χ3v) is 6.25. The lowest BCUT2D eigenvalue weighted by Crippen LogP contribution is -2.24. The fraction of sp³-hybridized carbons (Fsp3) is 0.200. The van der Waals surface area contributed by atoms with Gasteiger partial charge in [0.1, 0.15) is 11.5 Å². The Balaban J connectivity index is 1.49. The molecule has 2 aromatic heterocycles. The number of aryl methyl sites for hydroxylation is 1. The third kappa shape index (κ3) is 3.04. The minimum Gasteiger partial charge on any atom is -0.454 e. The van der Waals surface area contributed by atoms with E-state index in [1.165, 1.54) is 29.3 Å². The molecule has 2 N–H and O–H groups in total. The number of aromatic nitrogens is 2. The molecular formula is C20H16F2N4O3S. The van der Waals surface area contributed by atoms with Gasteiger partial charge in [-0.1, -0.05) is 0 Å². The van der Waals surface area contributed by atoms with Crippen LogP contribution < -0.4 is 15.6 Å². The number of anilines is 1. The number of rotatable bonds is 5. The molecule has 3 aromatic rings. The Labute approximate surface area is 171 Å². The van der Waals surface area contributed by atoms with Gasteiger partial charge in [-0.25, -0.2) is 18.0 Å². The molecule has 3 unspecified atom stereocenters. The molecule has 0 saturated heterocycles. The summed E-state index contributed by atoms with van der Waals surface area (Å²) in [4.78, 5) is 16.5. The molecule has 5 rings (SSSR count). The first-order chi connectivity index (χ1) is 14.4. The second-order valence-electron chi connectivity index (χ2n) is 7.22. The van der Waals surface area contributed by atoms with Gasteiger partial charge in [0.15, 0.2) is 16.8 Å². The van der Waals surface area contributed by atoms with Crippen molar-refractivity contribution >= 4 is 27.6 Å². The average molecular weight is 430 g/mol. The molecule has 1 aromatic carbocycles. The zero-order valence-electron chi connectivity index (χ0n) is 15.7. The SMILES string of the molecule is Cn1cnc2ccc(NC3=C(F)C4CC4C(NS(=O)c4ccco4)=C3F)cc2c1=O. The lowest BCUT2D eigenvalue weighted by Gasteiger charge is -2.19. The van der Waals surface area contributed by atoms with E-state index in [9.17, 15) is 13.4 Å². The van der Waals surface area contributed by atoms with Crippen LogP contribution in [0.25, 0.3) is 10.9 Å². The van der Waals surface area contributed by atoms with Crippen molar-refractivity contribution < 1.29 is 17.4 Å². The third-order valence-electron chi connectivity index (χ3n) is 5.25. The van der Waals surface area contributed by atoms with Gasteiger partial charge in [0, 0.05) is 24.6 Å². The zero-order chi connectivity index (χ0) is 21.0. The van der Waals surface area contributed by atoms with Crippen molar-refractivity contribution in [2.45, 2.75) is 11.5 Å².